The summed E-state index contributed by atoms with van der Waals surface area (Å²) in [7, 11) is 0. The van der Waals surface area contributed by atoms with Crippen LogP contribution in [0.4, 0.5) is 5.69 Å². The Labute approximate surface area is 131 Å². The summed E-state index contributed by atoms with van der Waals surface area (Å²) in [6.45, 7) is 2.94. The monoisotopic (exact) mass is 346 g/mol. The summed E-state index contributed by atoms with van der Waals surface area (Å²) in [5.41, 5.74) is 3.67. The zero-order valence-electron chi connectivity index (χ0n) is 11.1. The SMILES string of the molecule is Cc1ccc(Br)cc1NC1=NCC(c2ccccc2)S1. The minimum atomic E-state index is 0.422. The van der Waals surface area contributed by atoms with Crippen molar-refractivity contribution >= 4 is 38.5 Å². The number of nitrogens with one attached hydrogen (secondary N) is 1. The number of aryl methyl sites for hydroxylation is 1. The molecule has 102 valence electrons. The summed E-state index contributed by atoms with van der Waals surface area (Å²) < 4.78 is 1.08. The number of benzene rings is 2. The molecule has 0 amide bonds. The maximum Gasteiger partial charge on any atom is 0.161 e. The first-order valence-electron chi connectivity index (χ1n) is 6.51. The lowest BCUT2D eigenvalue weighted by Gasteiger charge is -2.11. The van der Waals surface area contributed by atoms with Gasteiger partial charge < -0.3 is 5.32 Å². The van der Waals surface area contributed by atoms with Crippen molar-refractivity contribution in [3.05, 3.63) is 64.1 Å². The summed E-state index contributed by atoms with van der Waals surface area (Å²) in [5, 5.41) is 4.86. The number of nitrogens with zero attached hydrogens (tertiary/aromatic N) is 1. The van der Waals surface area contributed by atoms with Crippen LogP contribution in [0.25, 0.3) is 0 Å². The largest absolute Gasteiger partial charge is 0.335 e. The lowest BCUT2D eigenvalue weighted by molar-refractivity contribution is 0.966. The Morgan fingerprint density at radius 2 is 2.00 bits per heavy atom. The van der Waals surface area contributed by atoms with E-state index in [1.807, 2.05) is 6.07 Å². The Hall–Kier alpha value is -1.26. The fourth-order valence-electron chi connectivity index (χ4n) is 2.13. The van der Waals surface area contributed by atoms with Crippen LogP contribution in [0.5, 0.6) is 0 Å². The number of rotatable bonds is 2. The Bertz CT molecular complexity index is 640. The molecule has 0 bridgehead atoms. The summed E-state index contributed by atoms with van der Waals surface area (Å²) in [5.74, 6) is 0. The van der Waals surface area contributed by atoms with Gasteiger partial charge in [0.15, 0.2) is 5.17 Å². The molecule has 0 radical (unpaired) electrons. The third-order valence-electron chi connectivity index (χ3n) is 3.27. The van der Waals surface area contributed by atoms with Crippen LogP contribution < -0.4 is 5.32 Å². The van der Waals surface area contributed by atoms with E-state index in [0.29, 0.717) is 5.25 Å². The first-order chi connectivity index (χ1) is 9.72. The first-order valence-corrected chi connectivity index (χ1v) is 8.19. The highest BCUT2D eigenvalue weighted by atomic mass is 79.9. The summed E-state index contributed by atoms with van der Waals surface area (Å²) in [6, 6.07) is 16.8. The van der Waals surface area contributed by atoms with E-state index in [-0.39, 0.29) is 0 Å². The Morgan fingerprint density at radius 3 is 2.80 bits per heavy atom. The van der Waals surface area contributed by atoms with Crippen LogP contribution >= 0.6 is 27.7 Å². The van der Waals surface area contributed by atoms with Gasteiger partial charge in [-0.25, -0.2) is 0 Å². The van der Waals surface area contributed by atoms with Gasteiger partial charge in [-0.2, -0.15) is 0 Å². The second-order valence-corrected chi connectivity index (χ2v) is 6.85. The van der Waals surface area contributed by atoms with E-state index >= 15 is 0 Å². The van der Waals surface area contributed by atoms with Crippen molar-refractivity contribution in [1.82, 2.24) is 0 Å². The van der Waals surface area contributed by atoms with Gasteiger partial charge in [-0.1, -0.05) is 64.1 Å². The van der Waals surface area contributed by atoms with Crippen LogP contribution in [0.15, 0.2) is 58.0 Å². The second kappa shape index (κ2) is 6.02. The van der Waals surface area contributed by atoms with E-state index in [2.05, 4.69) is 75.6 Å². The summed E-state index contributed by atoms with van der Waals surface area (Å²) >= 11 is 5.30. The van der Waals surface area contributed by atoms with Crippen molar-refractivity contribution in [1.29, 1.82) is 0 Å². The third kappa shape index (κ3) is 3.07. The Morgan fingerprint density at radius 1 is 1.20 bits per heavy atom. The van der Waals surface area contributed by atoms with Crippen LogP contribution in [0.2, 0.25) is 0 Å². The highest BCUT2D eigenvalue weighted by molar-refractivity contribution is 9.10. The van der Waals surface area contributed by atoms with Crippen LogP contribution in [0.3, 0.4) is 0 Å². The maximum atomic E-state index is 4.61. The quantitative estimate of drug-likeness (QED) is 0.825. The minimum absolute atomic E-state index is 0.422. The number of thioether (sulfide) groups is 1. The average molecular weight is 347 g/mol. The second-order valence-electron chi connectivity index (χ2n) is 4.75. The molecule has 2 aromatic rings. The lowest BCUT2D eigenvalue weighted by atomic mass is 10.1. The Balaban J connectivity index is 1.70. The molecule has 1 aliphatic rings. The fourth-order valence-corrected chi connectivity index (χ4v) is 3.52. The van der Waals surface area contributed by atoms with Gasteiger partial charge >= 0.3 is 0 Å². The van der Waals surface area contributed by atoms with Gasteiger partial charge in [0.05, 0.1) is 11.8 Å². The molecule has 0 aromatic heterocycles. The van der Waals surface area contributed by atoms with E-state index in [1.165, 1.54) is 11.1 Å². The third-order valence-corrected chi connectivity index (χ3v) is 4.92. The molecular formula is C16H15BrN2S. The van der Waals surface area contributed by atoms with Gasteiger partial charge in [0, 0.05) is 10.2 Å². The topological polar surface area (TPSA) is 24.4 Å². The van der Waals surface area contributed by atoms with Crippen LogP contribution in [0, 0.1) is 6.92 Å². The average Bonchev–Trinajstić information content (AvgIpc) is 2.92. The van der Waals surface area contributed by atoms with Gasteiger partial charge in [-0.3, -0.25) is 4.99 Å². The molecule has 3 rings (SSSR count). The zero-order valence-corrected chi connectivity index (χ0v) is 13.5. The first kappa shape index (κ1) is 13.7. The molecule has 0 fully saturated rings. The van der Waals surface area contributed by atoms with Crippen molar-refractivity contribution in [3.63, 3.8) is 0 Å². The fraction of sp³-hybridized carbons (Fsp3) is 0.188. The van der Waals surface area contributed by atoms with Gasteiger partial charge in [-0.15, -0.1) is 0 Å². The predicted octanol–water partition coefficient (Wildman–Crippen LogP) is 5.01. The van der Waals surface area contributed by atoms with E-state index in [0.717, 1.165) is 21.9 Å². The normalized spacial score (nSPS) is 17.9. The molecule has 20 heavy (non-hydrogen) atoms. The summed E-state index contributed by atoms with van der Waals surface area (Å²) in [6.07, 6.45) is 0. The summed E-state index contributed by atoms with van der Waals surface area (Å²) in [4.78, 5) is 4.61. The number of amidine groups is 1. The van der Waals surface area contributed by atoms with Crippen molar-refractivity contribution in [2.75, 3.05) is 11.9 Å². The van der Waals surface area contributed by atoms with Crippen molar-refractivity contribution < 1.29 is 0 Å². The van der Waals surface area contributed by atoms with Crippen LogP contribution in [-0.2, 0) is 0 Å². The van der Waals surface area contributed by atoms with E-state index in [1.54, 1.807) is 11.8 Å². The Kier molecular flexibility index (Phi) is 4.13. The smallest absolute Gasteiger partial charge is 0.161 e. The molecule has 0 saturated carbocycles. The van der Waals surface area contributed by atoms with E-state index < -0.39 is 0 Å². The highest BCUT2D eigenvalue weighted by Gasteiger charge is 2.21. The van der Waals surface area contributed by atoms with Gasteiger partial charge in [-0.05, 0) is 30.2 Å². The zero-order chi connectivity index (χ0) is 13.9. The number of hydrogen-bond donors (Lipinski definition) is 1. The standard InChI is InChI=1S/C16H15BrN2S/c1-11-7-8-13(17)9-14(11)19-16-18-10-15(20-16)12-5-3-2-4-6-12/h2-9,15H,10H2,1H3,(H,18,19). The van der Waals surface area contributed by atoms with E-state index in [4.69, 9.17) is 0 Å². The highest BCUT2D eigenvalue weighted by Crippen LogP contribution is 2.35. The number of aliphatic imine (C=N–C) groups is 1. The number of anilines is 1. The van der Waals surface area contributed by atoms with Crippen molar-refractivity contribution in [2.45, 2.75) is 12.2 Å². The van der Waals surface area contributed by atoms with Crippen molar-refractivity contribution in [3.8, 4) is 0 Å². The molecular weight excluding hydrogens is 332 g/mol. The maximum absolute atomic E-state index is 4.61. The molecule has 1 aliphatic heterocycles. The predicted molar refractivity (Wildman–Crippen MR) is 91.6 cm³/mol. The van der Waals surface area contributed by atoms with Gasteiger partial charge in [0.25, 0.3) is 0 Å². The number of hydrogen-bond acceptors (Lipinski definition) is 3. The molecule has 1 unspecified atom stereocenters. The molecule has 0 aliphatic carbocycles. The molecule has 1 N–H and O–H groups in total. The lowest BCUT2D eigenvalue weighted by Crippen LogP contribution is -2.06. The minimum Gasteiger partial charge on any atom is -0.335 e. The van der Waals surface area contributed by atoms with Gasteiger partial charge in [0.2, 0.25) is 0 Å². The molecule has 0 spiro atoms. The van der Waals surface area contributed by atoms with Crippen molar-refractivity contribution in [2.24, 2.45) is 4.99 Å². The molecule has 1 heterocycles. The molecule has 0 saturated heterocycles. The van der Waals surface area contributed by atoms with Crippen LogP contribution in [-0.4, -0.2) is 11.7 Å². The molecule has 1 atom stereocenters. The molecule has 2 nitrogen and oxygen atoms in total. The number of halogens is 1. The van der Waals surface area contributed by atoms with Crippen LogP contribution in [0.1, 0.15) is 16.4 Å². The molecule has 4 heteroatoms. The van der Waals surface area contributed by atoms with E-state index in [9.17, 15) is 0 Å². The molecule has 2 aromatic carbocycles. The van der Waals surface area contributed by atoms with Gasteiger partial charge in [0.1, 0.15) is 0 Å².